The van der Waals surface area contributed by atoms with Crippen LogP contribution in [0.5, 0.6) is 11.6 Å². The molecule has 2 aromatic heterocycles. The van der Waals surface area contributed by atoms with E-state index in [1.807, 2.05) is 30.3 Å². The van der Waals surface area contributed by atoms with Crippen molar-refractivity contribution in [2.75, 3.05) is 39.0 Å². The van der Waals surface area contributed by atoms with Crippen LogP contribution in [0, 0.1) is 0 Å². The van der Waals surface area contributed by atoms with Crippen LogP contribution in [0.4, 0.5) is 5.82 Å². The zero-order valence-corrected chi connectivity index (χ0v) is 20.4. The maximum Gasteiger partial charge on any atom is 0.216 e. The summed E-state index contributed by atoms with van der Waals surface area (Å²) < 4.78 is 16.2. The first-order valence-electron chi connectivity index (χ1n) is 11.4. The van der Waals surface area contributed by atoms with Crippen LogP contribution < -0.4 is 19.7 Å². The number of rotatable bonds is 8. The quantitative estimate of drug-likeness (QED) is 0.502. The van der Waals surface area contributed by atoms with Crippen molar-refractivity contribution in [3.05, 3.63) is 42.7 Å². The fourth-order valence-corrected chi connectivity index (χ4v) is 4.08. The summed E-state index contributed by atoms with van der Waals surface area (Å²) in [4.78, 5) is 10.7. The third-order valence-corrected chi connectivity index (χ3v) is 5.54. The zero-order chi connectivity index (χ0) is 24.1. The molecule has 0 saturated carbocycles. The van der Waals surface area contributed by atoms with Crippen LogP contribution in [0.25, 0.3) is 22.5 Å². The molecule has 3 heterocycles. The minimum Gasteiger partial charge on any atom is -0.481 e. The van der Waals surface area contributed by atoms with E-state index >= 15 is 0 Å². The van der Waals surface area contributed by atoms with E-state index in [4.69, 9.17) is 14.2 Å². The molecule has 3 aromatic rings. The first-order valence-corrected chi connectivity index (χ1v) is 11.4. The molecule has 0 unspecified atom stereocenters. The summed E-state index contributed by atoms with van der Waals surface area (Å²) in [5, 5.41) is 12.7. The summed E-state index contributed by atoms with van der Waals surface area (Å²) in [7, 11) is 3.17. The highest BCUT2D eigenvalue weighted by Crippen LogP contribution is 2.34. The molecule has 0 amide bonds. The number of hydrogen-bond donors (Lipinski definition) is 1. The van der Waals surface area contributed by atoms with Crippen molar-refractivity contribution in [2.45, 2.75) is 38.8 Å². The van der Waals surface area contributed by atoms with E-state index in [1.54, 1.807) is 20.3 Å². The Morgan fingerprint density at radius 1 is 1.03 bits per heavy atom. The van der Waals surface area contributed by atoms with Gasteiger partial charge in [-0.3, -0.25) is 0 Å². The topological polar surface area (TPSA) is 94.5 Å². The average molecular weight is 465 g/mol. The molecule has 0 bridgehead atoms. The summed E-state index contributed by atoms with van der Waals surface area (Å²) in [6.07, 6.45) is 2.56. The van der Waals surface area contributed by atoms with Gasteiger partial charge in [0.25, 0.3) is 0 Å². The maximum atomic E-state index is 5.87. The predicted molar refractivity (Wildman–Crippen MR) is 131 cm³/mol. The number of ether oxygens (including phenoxy) is 3. The van der Waals surface area contributed by atoms with Crippen molar-refractivity contribution in [2.24, 2.45) is 0 Å². The van der Waals surface area contributed by atoms with Gasteiger partial charge < -0.3 is 24.4 Å². The lowest BCUT2D eigenvalue weighted by Crippen LogP contribution is -2.45. The highest BCUT2D eigenvalue weighted by Gasteiger charge is 2.26. The summed E-state index contributed by atoms with van der Waals surface area (Å²) in [6.45, 7) is 8.58. The van der Waals surface area contributed by atoms with Crippen molar-refractivity contribution < 1.29 is 14.2 Å². The van der Waals surface area contributed by atoms with Crippen LogP contribution in [0.1, 0.15) is 27.2 Å². The SMILES string of the molecule is COCOc1cc(-c2cc(OC)ncn2)ccc1-c1ccc(N2CC[C@H](NC(C)(C)C)C2)nn1. The maximum absolute atomic E-state index is 5.87. The molecule has 1 fully saturated rings. The molecule has 1 aromatic carbocycles. The lowest BCUT2D eigenvalue weighted by atomic mass is 10.0. The Kier molecular flexibility index (Phi) is 7.23. The van der Waals surface area contributed by atoms with E-state index < -0.39 is 0 Å². The number of benzene rings is 1. The van der Waals surface area contributed by atoms with E-state index in [1.165, 1.54) is 6.33 Å². The van der Waals surface area contributed by atoms with Gasteiger partial charge in [0.2, 0.25) is 5.88 Å². The van der Waals surface area contributed by atoms with Gasteiger partial charge in [-0.05, 0) is 51.5 Å². The Morgan fingerprint density at radius 2 is 1.88 bits per heavy atom. The third kappa shape index (κ3) is 5.78. The van der Waals surface area contributed by atoms with Crippen molar-refractivity contribution in [1.82, 2.24) is 25.5 Å². The normalized spacial score (nSPS) is 16.0. The largest absolute Gasteiger partial charge is 0.481 e. The van der Waals surface area contributed by atoms with Crippen molar-refractivity contribution in [3.63, 3.8) is 0 Å². The minimum atomic E-state index is 0.0951. The lowest BCUT2D eigenvalue weighted by molar-refractivity contribution is 0.0515. The standard InChI is InChI=1S/C25H32N6O3/c1-25(2,3)28-18-10-11-31(14-18)23-9-8-20(29-30-23)19-7-6-17(12-22(19)34-16-32-4)21-13-24(33-5)27-15-26-21/h6-9,12-13,15,18,28H,10-11,14,16H2,1-5H3/t18-/m0/s1. The van der Waals surface area contributed by atoms with Gasteiger partial charge in [-0.2, -0.15) is 0 Å². The average Bonchev–Trinajstić information content (AvgIpc) is 3.29. The second-order valence-electron chi connectivity index (χ2n) is 9.31. The molecule has 9 heteroatoms. The molecular formula is C25H32N6O3. The summed E-state index contributed by atoms with van der Waals surface area (Å²) in [6, 6.07) is 12.1. The predicted octanol–water partition coefficient (Wildman–Crippen LogP) is 3.56. The fourth-order valence-electron chi connectivity index (χ4n) is 4.08. The van der Waals surface area contributed by atoms with Crippen LogP contribution >= 0.6 is 0 Å². The number of nitrogens with zero attached hydrogens (tertiary/aromatic N) is 5. The molecular weight excluding hydrogens is 432 g/mol. The minimum absolute atomic E-state index is 0.0951. The van der Waals surface area contributed by atoms with Crippen molar-refractivity contribution in [3.8, 4) is 34.1 Å². The number of anilines is 1. The highest BCUT2D eigenvalue weighted by atomic mass is 16.7. The molecule has 4 rings (SSSR count). The van der Waals surface area contributed by atoms with Gasteiger partial charge in [0.1, 0.15) is 12.1 Å². The van der Waals surface area contributed by atoms with Gasteiger partial charge in [0.05, 0.1) is 18.5 Å². The second kappa shape index (κ2) is 10.3. The van der Waals surface area contributed by atoms with Crippen molar-refractivity contribution in [1.29, 1.82) is 0 Å². The Morgan fingerprint density at radius 3 is 2.59 bits per heavy atom. The van der Waals surface area contributed by atoms with Crippen molar-refractivity contribution >= 4 is 5.82 Å². The summed E-state index contributed by atoms with van der Waals surface area (Å²) >= 11 is 0. The molecule has 1 aliphatic heterocycles. The first kappa shape index (κ1) is 23.8. The van der Waals surface area contributed by atoms with Crippen LogP contribution in [-0.2, 0) is 4.74 Å². The van der Waals surface area contributed by atoms with E-state index in [0.29, 0.717) is 17.7 Å². The zero-order valence-electron chi connectivity index (χ0n) is 20.4. The van der Waals surface area contributed by atoms with Gasteiger partial charge in [-0.25, -0.2) is 9.97 Å². The Hall–Kier alpha value is -3.30. The molecule has 1 N–H and O–H groups in total. The van der Waals surface area contributed by atoms with Gasteiger partial charge in [0, 0.05) is 49.0 Å². The monoisotopic (exact) mass is 464 g/mol. The Labute approximate surface area is 200 Å². The number of aromatic nitrogens is 4. The summed E-state index contributed by atoms with van der Waals surface area (Å²) in [5.41, 5.74) is 3.25. The lowest BCUT2D eigenvalue weighted by Gasteiger charge is -2.26. The number of nitrogens with one attached hydrogen (secondary N) is 1. The summed E-state index contributed by atoms with van der Waals surface area (Å²) in [5.74, 6) is 2.01. The van der Waals surface area contributed by atoms with E-state index in [2.05, 4.69) is 51.2 Å². The third-order valence-electron chi connectivity index (χ3n) is 5.54. The van der Waals surface area contributed by atoms with Gasteiger partial charge in [0.15, 0.2) is 12.6 Å². The molecule has 0 spiro atoms. The Bertz CT molecular complexity index is 1100. The molecule has 34 heavy (non-hydrogen) atoms. The van der Waals surface area contributed by atoms with Crippen LogP contribution in [0.15, 0.2) is 42.7 Å². The molecule has 1 saturated heterocycles. The molecule has 0 radical (unpaired) electrons. The van der Waals surface area contributed by atoms with Gasteiger partial charge >= 0.3 is 0 Å². The smallest absolute Gasteiger partial charge is 0.216 e. The molecule has 0 aliphatic carbocycles. The molecule has 9 nitrogen and oxygen atoms in total. The first-order chi connectivity index (χ1) is 16.4. The van der Waals surface area contributed by atoms with E-state index in [-0.39, 0.29) is 12.3 Å². The Balaban J connectivity index is 1.56. The highest BCUT2D eigenvalue weighted by molar-refractivity contribution is 5.73. The fraction of sp³-hybridized carbons (Fsp3) is 0.440. The van der Waals surface area contributed by atoms with E-state index in [0.717, 1.165) is 47.8 Å². The van der Waals surface area contributed by atoms with Crippen LogP contribution in [0.2, 0.25) is 0 Å². The van der Waals surface area contributed by atoms with Gasteiger partial charge in [-0.1, -0.05) is 6.07 Å². The van der Waals surface area contributed by atoms with Gasteiger partial charge in [-0.15, -0.1) is 10.2 Å². The van der Waals surface area contributed by atoms with Crippen LogP contribution in [0.3, 0.4) is 0 Å². The van der Waals surface area contributed by atoms with E-state index in [9.17, 15) is 0 Å². The second-order valence-corrected chi connectivity index (χ2v) is 9.31. The molecule has 1 atom stereocenters. The van der Waals surface area contributed by atoms with Crippen LogP contribution in [-0.4, -0.2) is 65.8 Å². The molecule has 1 aliphatic rings. The number of methoxy groups -OCH3 is 2. The molecule has 180 valence electrons. The number of hydrogen-bond acceptors (Lipinski definition) is 9.